The average molecular weight is 259 g/mol. The molecule has 0 spiro atoms. The summed E-state index contributed by atoms with van der Waals surface area (Å²) in [5, 5.41) is 22.4. The maximum absolute atomic E-state index is 9.73. The zero-order chi connectivity index (χ0) is 13.8. The van der Waals surface area contributed by atoms with Gasteiger partial charge in [0, 0.05) is 6.54 Å². The van der Waals surface area contributed by atoms with E-state index in [-0.39, 0.29) is 11.5 Å². The lowest BCUT2D eigenvalue weighted by Crippen LogP contribution is -2.00. The van der Waals surface area contributed by atoms with Crippen molar-refractivity contribution >= 4 is 5.69 Å². The highest BCUT2D eigenvalue weighted by atomic mass is 16.5. The van der Waals surface area contributed by atoms with Crippen LogP contribution in [0.15, 0.2) is 36.4 Å². The summed E-state index contributed by atoms with van der Waals surface area (Å²) in [5.41, 5.74) is 2.71. The lowest BCUT2D eigenvalue weighted by atomic mass is 10.1. The third-order valence-corrected chi connectivity index (χ3v) is 2.88. The van der Waals surface area contributed by atoms with E-state index in [1.807, 2.05) is 19.1 Å². The van der Waals surface area contributed by atoms with E-state index < -0.39 is 0 Å². The molecule has 2 aromatic rings. The van der Waals surface area contributed by atoms with Gasteiger partial charge in [-0.15, -0.1) is 0 Å². The van der Waals surface area contributed by atoms with Crippen LogP contribution in [0, 0.1) is 6.92 Å². The first kappa shape index (κ1) is 13.1. The van der Waals surface area contributed by atoms with Crippen molar-refractivity contribution in [3.8, 4) is 17.2 Å². The highest BCUT2D eigenvalue weighted by Gasteiger charge is 2.04. The average Bonchev–Trinajstić information content (AvgIpc) is 2.41. The van der Waals surface area contributed by atoms with Crippen LogP contribution in [0.2, 0.25) is 0 Å². The van der Waals surface area contributed by atoms with Gasteiger partial charge in [0.15, 0.2) is 11.5 Å². The van der Waals surface area contributed by atoms with Gasteiger partial charge in [0.05, 0.1) is 12.8 Å². The van der Waals surface area contributed by atoms with Crippen molar-refractivity contribution in [2.75, 3.05) is 12.4 Å². The first-order chi connectivity index (χ1) is 9.10. The second kappa shape index (κ2) is 5.52. The Morgan fingerprint density at radius 3 is 2.53 bits per heavy atom. The van der Waals surface area contributed by atoms with Gasteiger partial charge >= 0.3 is 0 Å². The van der Waals surface area contributed by atoms with Gasteiger partial charge in [-0.25, -0.2) is 0 Å². The minimum atomic E-state index is 0.115. The molecule has 0 aliphatic carbocycles. The topological polar surface area (TPSA) is 61.7 Å². The van der Waals surface area contributed by atoms with Crippen molar-refractivity contribution in [1.82, 2.24) is 0 Å². The Morgan fingerprint density at radius 1 is 1.05 bits per heavy atom. The molecule has 2 rings (SSSR count). The summed E-state index contributed by atoms with van der Waals surface area (Å²) in [6.07, 6.45) is 0. The van der Waals surface area contributed by atoms with Crippen LogP contribution in [0.25, 0.3) is 0 Å². The molecule has 2 aromatic carbocycles. The summed E-state index contributed by atoms with van der Waals surface area (Å²) < 4.78 is 5.05. The fourth-order valence-electron chi connectivity index (χ4n) is 1.82. The van der Waals surface area contributed by atoms with Gasteiger partial charge in [0.2, 0.25) is 0 Å². The molecule has 0 saturated heterocycles. The number of methoxy groups -OCH3 is 1. The molecule has 0 radical (unpaired) electrons. The molecule has 0 heterocycles. The monoisotopic (exact) mass is 259 g/mol. The summed E-state index contributed by atoms with van der Waals surface area (Å²) in [6.45, 7) is 2.50. The van der Waals surface area contributed by atoms with Crippen molar-refractivity contribution in [3.05, 3.63) is 47.5 Å². The number of hydrogen-bond acceptors (Lipinski definition) is 4. The van der Waals surface area contributed by atoms with Crippen molar-refractivity contribution in [2.24, 2.45) is 0 Å². The summed E-state index contributed by atoms with van der Waals surface area (Å²) >= 11 is 0. The number of aryl methyl sites for hydroxylation is 1. The second-order valence-electron chi connectivity index (χ2n) is 4.38. The van der Waals surface area contributed by atoms with E-state index in [4.69, 9.17) is 4.74 Å². The highest BCUT2D eigenvalue weighted by Crippen LogP contribution is 2.28. The number of rotatable bonds is 4. The minimum Gasteiger partial charge on any atom is -0.506 e. The quantitative estimate of drug-likeness (QED) is 0.739. The van der Waals surface area contributed by atoms with E-state index in [0.717, 1.165) is 11.1 Å². The normalized spacial score (nSPS) is 10.2. The van der Waals surface area contributed by atoms with Crippen LogP contribution >= 0.6 is 0 Å². The van der Waals surface area contributed by atoms with Gasteiger partial charge in [0.25, 0.3) is 0 Å². The van der Waals surface area contributed by atoms with Gasteiger partial charge in [-0.2, -0.15) is 0 Å². The molecule has 4 heteroatoms. The van der Waals surface area contributed by atoms with Gasteiger partial charge in [-0.05, 0) is 42.3 Å². The number of phenols is 2. The predicted molar refractivity (Wildman–Crippen MR) is 74.8 cm³/mol. The molecule has 0 aliphatic rings. The molecule has 0 saturated carbocycles. The van der Waals surface area contributed by atoms with Crippen LogP contribution in [0.5, 0.6) is 17.2 Å². The molecule has 0 aliphatic heterocycles. The Morgan fingerprint density at radius 2 is 1.79 bits per heavy atom. The molecule has 0 amide bonds. The Balaban J connectivity index is 2.12. The van der Waals surface area contributed by atoms with Crippen LogP contribution in [0.4, 0.5) is 5.69 Å². The summed E-state index contributed by atoms with van der Waals surface area (Å²) in [6, 6.07) is 10.5. The molecule has 4 nitrogen and oxygen atoms in total. The van der Waals surface area contributed by atoms with Crippen LogP contribution in [0.1, 0.15) is 11.1 Å². The number of anilines is 1. The summed E-state index contributed by atoms with van der Waals surface area (Å²) in [5.74, 6) is 0.772. The largest absolute Gasteiger partial charge is 0.506 e. The maximum Gasteiger partial charge on any atom is 0.160 e. The third-order valence-electron chi connectivity index (χ3n) is 2.88. The first-order valence-corrected chi connectivity index (χ1v) is 5.99. The van der Waals surface area contributed by atoms with Gasteiger partial charge < -0.3 is 20.3 Å². The molecule has 3 N–H and O–H groups in total. The Bertz CT molecular complexity index is 582. The van der Waals surface area contributed by atoms with Crippen molar-refractivity contribution in [1.29, 1.82) is 0 Å². The highest BCUT2D eigenvalue weighted by molar-refractivity contribution is 5.57. The van der Waals surface area contributed by atoms with Crippen LogP contribution < -0.4 is 10.1 Å². The van der Waals surface area contributed by atoms with E-state index in [0.29, 0.717) is 18.0 Å². The Hall–Kier alpha value is -2.36. The van der Waals surface area contributed by atoms with Crippen molar-refractivity contribution < 1.29 is 14.9 Å². The lowest BCUT2D eigenvalue weighted by molar-refractivity contribution is 0.373. The van der Waals surface area contributed by atoms with Crippen LogP contribution in [0.3, 0.4) is 0 Å². The van der Waals surface area contributed by atoms with E-state index in [9.17, 15) is 10.2 Å². The van der Waals surface area contributed by atoms with Crippen molar-refractivity contribution in [3.63, 3.8) is 0 Å². The van der Waals surface area contributed by atoms with Crippen LogP contribution in [-0.2, 0) is 6.54 Å². The summed E-state index contributed by atoms with van der Waals surface area (Å²) in [7, 11) is 1.51. The smallest absolute Gasteiger partial charge is 0.160 e. The van der Waals surface area contributed by atoms with Crippen LogP contribution in [-0.4, -0.2) is 17.3 Å². The summed E-state index contributed by atoms with van der Waals surface area (Å²) in [4.78, 5) is 0. The Kier molecular flexibility index (Phi) is 3.80. The molecule has 0 fully saturated rings. The SMILES string of the molecule is COc1cc(CNc2cc(C)ccc2O)ccc1O. The zero-order valence-electron chi connectivity index (χ0n) is 11.0. The lowest BCUT2D eigenvalue weighted by Gasteiger charge is -2.11. The second-order valence-corrected chi connectivity index (χ2v) is 4.38. The number of ether oxygens (including phenoxy) is 1. The maximum atomic E-state index is 9.73. The molecule has 0 bridgehead atoms. The molecule has 100 valence electrons. The fourth-order valence-corrected chi connectivity index (χ4v) is 1.82. The molecule has 0 unspecified atom stereocenters. The number of hydrogen-bond donors (Lipinski definition) is 3. The van der Waals surface area contributed by atoms with Crippen molar-refractivity contribution in [2.45, 2.75) is 13.5 Å². The molecular weight excluding hydrogens is 242 g/mol. The first-order valence-electron chi connectivity index (χ1n) is 5.99. The molecule has 19 heavy (non-hydrogen) atoms. The zero-order valence-corrected chi connectivity index (χ0v) is 11.0. The standard InChI is InChI=1S/C15H17NO3/c1-10-3-5-13(17)12(7-10)16-9-11-4-6-14(18)15(8-11)19-2/h3-8,16-18H,9H2,1-2H3. The number of aromatic hydroxyl groups is 2. The number of nitrogens with one attached hydrogen (secondary N) is 1. The van der Waals surface area contributed by atoms with E-state index in [1.165, 1.54) is 7.11 Å². The minimum absolute atomic E-state index is 0.115. The van der Waals surface area contributed by atoms with E-state index in [2.05, 4.69) is 5.32 Å². The molecular formula is C15H17NO3. The van der Waals surface area contributed by atoms with Gasteiger partial charge in [-0.1, -0.05) is 12.1 Å². The number of phenolic OH excluding ortho intramolecular Hbond substituents is 2. The third kappa shape index (κ3) is 3.10. The molecule has 0 atom stereocenters. The van der Waals surface area contributed by atoms with E-state index >= 15 is 0 Å². The molecule has 0 aromatic heterocycles. The van der Waals surface area contributed by atoms with Gasteiger partial charge in [-0.3, -0.25) is 0 Å². The predicted octanol–water partition coefficient (Wildman–Crippen LogP) is 3.03. The number of benzene rings is 2. The van der Waals surface area contributed by atoms with Gasteiger partial charge in [0.1, 0.15) is 5.75 Å². The fraction of sp³-hybridized carbons (Fsp3) is 0.200. The van der Waals surface area contributed by atoms with E-state index in [1.54, 1.807) is 24.3 Å². The Labute approximate surface area is 112 Å².